The number of benzene rings is 1. The number of esters is 2. The van der Waals surface area contributed by atoms with Crippen LogP contribution >= 0.6 is 22.7 Å². The van der Waals surface area contributed by atoms with Crippen molar-refractivity contribution in [1.29, 1.82) is 0 Å². The molecule has 0 spiro atoms. The van der Waals surface area contributed by atoms with Crippen LogP contribution in [0.4, 0.5) is 0 Å². The topological polar surface area (TPSA) is 52.6 Å². The van der Waals surface area contributed by atoms with E-state index < -0.39 is 0 Å². The Bertz CT molecular complexity index is 852. The first-order valence-corrected chi connectivity index (χ1v) is 9.74. The second-order valence-corrected chi connectivity index (χ2v) is 7.75. The molecule has 4 nitrogen and oxygen atoms in total. The number of hydrogen-bond acceptors (Lipinski definition) is 6. The Morgan fingerprint density at radius 1 is 0.808 bits per heavy atom. The molecule has 26 heavy (non-hydrogen) atoms. The van der Waals surface area contributed by atoms with E-state index in [1.54, 1.807) is 22.7 Å². The Balaban J connectivity index is 1.70. The molecule has 0 aliphatic rings. The van der Waals surface area contributed by atoms with E-state index in [2.05, 4.69) is 18.2 Å². The average molecular weight is 386 g/mol. The second kappa shape index (κ2) is 8.29. The van der Waals surface area contributed by atoms with E-state index in [0.29, 0.717) is 11.1 Å². The molecule has 2 heterocycles. The molecule has 0 unspecified atom stereocenters. The molecule has 0 bridgehead atoms. The summed E-state index contributed by atoms with van der Waals surface area (Å²) in [4.78, 5) is 25.4. The zero-order chi connectivity index (χ0) is 18.5. The first-order valence-electron chi connectivity index (χ1n) is 7.98. The summed E-state index contributed by atoms with van der Waals surface area (Å²) in [6, 6.07) is 12.1. The summed E-state index contributed by atoms with van der Waals surface area (Å²) in [6.07, 6.45) is 1.54. The molecule has 1 aromatic carbocycles. The van der Waals surface area contributed by atoms with E-state index in [1.165, 1.54) is 25.3 Å². The molecule has 0 saturated carbocycles. The van der Waals surface area contributed by atoms with Crippen LogP contribution in [0.3, 0.4) is 0 Å². The summed E-state index contributed by atoms with van der Waals surface area (Å²) in [6.45, 7) is 0. The van der Waals surface area contributed by atoms with Gasteiger partial charge in [0.05, 0.1) is 25.3 Å². The van der Waals surface area contributed by atoms with E-state index in [1.807, 2.05) is 29.0 Å². The van der Waals surface area contributed by atoms with E-state index in [9.17, 15) is 9.59 Å². The first-order chi connectivity index (χ1) is 12.6. The minimum absolute atomic E-state index is 0.305. The molecular weight excluding hydrogens is 368 g/mol. The van der Waals surface area contributed by atoms with Gasteiger partial charge in [0, 0.05) is 33.4 Å². The lowest BCUT2D eigenvalue weighted by Gasteiger charge is -2.04. The van der Waals surface area contributed by atoms with Crippen LogP contribution in [0.25, 0.3) is 0 Å². The number of rotatable bonds is 6. The molecule has 0 aliphatic carbocycles. The fourth-order valence-electron chi connectivity index (χ4n) is 2.65. The molecule has 2 aromatic heterocycles. The van der Waals surface area contributed by atoms with Crippen molar-refractivity contribution in [2.24, 2.45) is 0 Å². The smallest absolute Gasteiger partial charge is 0.338 e. The number of methoxy groups -OCH3 is 2. The minimum atomic E-state index is -0.305. The molecule has 0 saturated heterocycles. The van der Waals surface area contributed by atoms with Crippen molar-refractivity contribution in [3.63, 3.8) is 0 Å². The van der Waals surface area contributed by atoms with Gasteiger partial charge in [-0.2, -0.15) is 0 Å². The van der Waals surface area contributed by atoms with Gasteiger partial charge in [0.1, 0.15) is 0 Å². The van der Waals surface area contributed by atoms with Gasteiger partial charge in [-0.15, -0.1) is 22.7 Å². The van der Waals surface area contributed by atoms with Crippen molar-refractivity contribution >= 4 is 34.6 Å². The normalized spacial score (nSPS) is 10.5. The summed E-state index contributed by atoms with van der Waals surface area (Å²) in [5, 5.41) is 3.65. The summed E-state index contributed by atoms with van der Waals surface area (Å²) < 4.78 is 9.50. The van der Waals surface area contributed by atoms with Crippen molar-refractivity contribution < 1.29 is 19.1 Å². The fourth-order valence-corrected chi connectivity index (χ4v) is 4.42. The number of carbonyl (C=O) groups is 2. The molecule has 3 rings (SSSR count). The Hall–Kier alpha value is -2.44. The monoisotopic (exact) mass is 386 g/mol. The Kier molecular flexibility index (Phi) is 5.85. The van der Waals surface area contributed by atoms with Crippen molar-refractivity contribution in [3.8, 4) is 0 Å². The van der Waals surface area contributed by atoms with Gasteiger partial charge in [0.15, 0.2) is 0 Å². The highest BCUT2D eigenvalue weighted by Crippen LogP contribution is 2.23. The SMILES string of the molecule is COC(=O)c1csc(Cc2cccc(Cc3cc(C(=O)OC)cs3)c2)c1. The maximum absolute atomic E-state index is 11.6. The summed E-state index contributed by atoms with van der Waals surface area (Å²) in [5.74, 6) is -0.610. The Morgan fingerprint density at radius 3 is 1.69 bits per heavy atom. The van der Waals surface area contributed by atoms with Gasteiger partial charge in [-0.1, -0.05) is 24.3 Å². The van der Waals surface area contributed by atoms with Crippen LogP contribution in [-0.2, 0) is 22.3 Å². The lowest BCUT2D eigenvalue weighted by Crippen LogP contribution is -1.98. The van der Waals surface area contributed by atoms with Crippen LogP contribution in [0.5, 0.6) is 0 Å². The molecule has 0 fully saturated rings. The zero-order valence-electron chi connectivity index (χ0n) is 14.5. The fraction of sp³-hybridized carbons (Fsp3) is 0.200. The number of thiophene rings is 2. The van der Waals surface area contributed by atoms with E-state index >= 15 is 0 Å². The van der Waals surface area contributed by atoms with Gasteiger partial charge in [-0.3, -0.25) is 0 Å². The Morgan fingerprint density at radius 2 is 1.27 bits per heavy atom. The van der Waals surface area contributed by atoms with Crippen LogP contribution in [0.2, 0.25) is 0 Å². The van der Waals surface area contributed by atoms with Crippen LogP contribution in [0.1, 0.15) is 41.6 Å². The molecular formula is C20H18O4S2. The minimum Gasteiger partial charge on any atom is -0.465 e. The quantitative estimate of drug-likeness (QED) is 0.583. The van der Waals surface area contributed by atoms with Crippen LogP contribution in [-0.4, -0.2) is 26.2 Å². The van der Waals surface area contributed by atoms with Gasteiger partial charge in [-0.05, 0) is 23.3 Å². The van der Waals surface area contributed by atoms with E-state index in [0.717, 1.165) is 22.6 Å². The molecule has 6 heteroatoms. The third-order valence-electron chi connectivity index (χ3n) is 3.90. The third-order valence-corrected chi connectivity index (χ3v) is 5.77. The second-order valence-electron chi connectivity index (χ2n) is 5.76. The lowest BCUT2D eigenvalue weighted by atomic mass is 10.0. The Labute approximate surface area is 160 Å². The van der Waals surface area contributed by atoms with Crippen molar-refractivity contribution in [3.05, 3.63) is 79.2 Å². The summed E-state index contributed by atoms with van der Waals surface area (Å²) >= 11 is 3.11. The van der Waals surface area contributed by atoms with Gasteiger partial charge in [0.25, 0.3) is 0 Å². The predicted molar refractivity (Wildman–Crippen MR) is 103 cm³/mol. The van der Waals surface area contributed by atoms with Crippen molar-refractivity contribution in [2.75, 3.05) is 14.2 Å². The zero-order valence-corrected chi connectivity index (χ0v) is 16.1. The van der Waals surface area contributed by atoms with Crippen molar-refractivity contribution in [1.82, 2.24) is 0 Å². The molecule has 0 amide bonds. The maximum Gasteiger partial charge on any atom is 0.338 e. The summed E-state index contributed by atoms with van der Waals surface area (Å²) in [5.41, 5.74) is 3.56. The van der Waals surface area contributed by atoms with Crippen LogP contribution < -0.4 is 0 Å². The molecule has 0 radical (unpaired) electrons. The number of ether oxygens (including phenoxy) is 2. The van der Waals surface area contributed by atoms with Gasteiger partial charge in [0.2, 0.25) is 0 Å². The van der Waals surface area contributed by atoms with Crippen LogP contribution in [0.15, 0.2) is 47.2 Å². The van der Waals surface area contributed by atoms with Gasteiger partial charge >= 0.3 is 11.9 Å². The molecule has 0 atom stereocenters. The maximum atomic E-state index is 11.6. The third kappa shape index (κ3) is 4.39. The average Bonchev–Trinajstić information content (AvgIpc) is 3.30. The number of carbonyl (C=O) groups excluding carboxylic acids is 2. The predicted octanol–water partition coefficient (Wildman–Crippen LogP) is 4.56. The lowest BCUT2D eigenvalue weighted by molar-refractivity contribution is 0.0592. The van der Waals surface area contributed by atoms with E-state index in [4.69, 9.17) is 9.47 Å². The first kappa shape index (κ1) is 18.4. The van der Waals surface area contributed by atoms with Gasteiger partial charge < -0.3 is 9.47 Å². The highest BCUT2D eigenvalue weighted by atomic mass is 32.1. The van der Waals surface area contributed by atoms with Crippen molar-refractivity contribution in [2.45, 2.75) is 12.8 Å². The van der Waals surface area contributed by atoms with Gasteiger partial charge in [-0.25, -0.2) is 9.59 Å². The van der Waals surface area contributed by atoms with E-state index in [-0.39, 0.29) is 11.9 Å². The molecule has 0 aliphatic heterocycles. The largest absolute Gasteiger partial charge is 0.465 e. The summed E-state index contributed by atoms with van der Waals surface area (Å²) in [7, 11) is 2.78. The highest BCUT2D eigenvalue weighted by molar-refractivity contribution is 7.10. The standard InChI is InChI=1S/C20H18O4S2/c1-23-19(21)15-9-17(25-11-15)7-13-4-3-5-14(6-13)8-18-10-16(12-26-18)20(22)24-2/h3-6,9-12H,7-8H2,1-2H3. The highest BCUT2D eigenvalue weighted by Gasteiger charge is 2.11. The molecule has 0 N–H and O–H groups in total. The molecule has 3 aromatic rings. The van der Waals surface area contributed by atoms with Crippen LogP contribution in [0, 0.1) is 0 Å². The number of hydrogen-bond donors (Lipinski definition) is 0. The molecule has 134 valence electrons.